The van der Waals surface area contributed by atoms with Crippen molar-refractivity contribution in [3.63, 3.8) is 0 Å². The molecule has 0 N–H and O–H groups in total. The van der Waals surface area contributed by atoms with Crippen LogP contribution < -0.4 is 0 Å². The molecule has 0 aliphatic rings. The van der Waals surface area contributed by atoms with Crippen LogP contribution in [-0.2, 0) is 22.0 Å². The highest BCUT2D eigenvalue weighted by molar-refractivity contribution is 8.13. The lowest BCUT2D eigenvalue weighted by atomic mass is 9.91. The van der Waals surface area contributed by atoms with Crippen LogP contribution in [0.3, 0.4) is 0 Å². The Bertz CT molecular complexity index is 585. The molecule has 0 bridgehead atoms. The van der Waals surface area contributed by atoms with Gasteiger partial charge in [-0.25, -0.2) is 13.4 Å². The molecule has 0 aliphatic heterocycles. The van der Waals surface area contributed by atoms with Crippen molar-refractivity contribution in [2.45, 2.75) is 51.6 Å². The molecule has 7 heteroatoms. The second kappa shape index (κ2) is 5.93. The summed E-state index contributed by atoms with van der Waals surface area (Å²) >= 11 is 0. The summed E-state index contributed by atoms with van der Waals surface area (Å²) in [7, 11) is 1.50. The Balaban J connectivity index is 2.99. The fraction of sp³-hybridized carbons (Fsp3) is 0.667. The Kier molecular flexibility index (Phi) is 4.99. The molecule has 5 nitrogen and oxygen atoms in total. The van der Waals surface area contributed by atoms with Gasteiger partial charge in [0, 0.05) is 29.8 Å². The fourth-order valence-electron chi connectivity index (χ4n) is 1.62. The summed E-state index contributed by atoms with van der Waals surface area (Å²) in [5.41, 5.74) is -0.451. The molecule has 1 rings (SSSR count). The van der Waals surface area contributed by atoms with E-state index in [1.165, 1.54) is 6.20 Å². The zero-order valence-corrected chi connectivity index (χ0v) is 12.9. The SMILES string of the molecule is CCCc1nc(S(=O)(=O)Cl)cn1CCC(C)(C)C#N. The van der Waals surface area contributed by atoms with Crippen LogP contribution in [0.1, 0.15) is 39.4 Å². The van der Waals surface area contributed by atoms with Crippen molar-refractivity contribution in [3.8, 4) is 6.07 Å². The van der Waals surface area contributed by atoms with Crippen LogP contribution in [0, 0.1) is 16.7 Å². The molecule has 19 heavy (non-hydrogen) atoms. The predicted molar refractivity (Wildman–Crippen MR) is 73.3 cm³/mol. The number of hydrogen-bond donors (Lipinski definition) is 0. The molecule has 1 heterocycles. The van der Waals surface area contributed by atoms with Crippen LogP contribution >= 0.6 is 10.7 Å². The number of nitrogens with zero attached hydrogens (tertiary/aromatic N) is 3. The van der Waals surface area contributed by atoms with Crippen molar-refractivity contribution in [2.75, 3.05) is 0 Å². The summed E-state index contributed by atoms with van der Waals surface area (Å²) in [5.74, 6) is 0.690. The normalized spacial score (nSPS) is 12.4. The molecule has 0 aromatic carbocycles. The molecule has 0 unspecified atom stereocenters. The Morgan fingerprint density at radius 2 is 2.16 bits per heavy atom. The van der Waals surface area contributed by atoms with Crippen LogP contribution in [0.15, 0.2) is 11.2 Å². The van der Waals surface area contributed by atoms with E-state index in [1.54, 1.807) is 4.57 Å². The lowest BCUT2D eigenvalue weighted by Crippen LogP contribution is -2.13. The van der Waals surface area contributed by atoms with Crippen molar-refractivity contribution in [2.24, 2.45) is 5.41 Å². The number of halogens is 1. The molecule has 0 amide bonds. The van der Waals surface area contributed by atoms with Gasteiger partial charge in [0.05, 0.1) is 11.5 Å². The maximum Gasteiger partial charge on any atom is 0.280 e. The van der Waals surface area contributed by atoms with Crippen LogP contribution in [-0.4, -0.2) is 18.0 Å². The smallest absolute Gasteiger partial charge is 0.280 e. The standard InChI is InChI=1S/C12H18ClN3O2S/c1-4-5-10-15-11(19(13,17)18)8-16(10)7-6-12(2,3)9-14/h8H,4-7H2,1-3H3. The van der Waals surface area contributed by atoms with Crippen molar-refractivity contribution in [3.05, 3.63) is 12.0 Å². The minimum absolute atomic E-state index is 0.118. The Labute approximate surface area is 118 Å². The third-order valence-corrected chi connectivity index (χ3v) is 4.01. The highest BCUT2D eigenvalue weighted by Crippen LogP contribution is 2.22. The number of aryl methyl sites for hydroxylation is 2. The first-order valence-electron chi connectivity index (χ1n) is 6.11. The molecule has 0 saturated heterocycles. The number of aromatic nitrogens is 2. The summed E-state index contributed by atoms with van der Waals surface area (Å²) < 4.78 is 24.4. The predicted octanol–water partition coefficient (Wildman–Crippen LogP) is 2.70. The molecular formula is C12H18ClN3O2S. The first-order chi connectivity index (χ1) is 8.69. The lowest BCUT2D eigenvalue weighted by Gasteiger charge is -2.16. The molecular weight excluding hydrogens is 286 g/mol. The molecule has 1 aromatic rings. The first kappa shape index (κ1) is 16.0. The van der Waals surface area contributed by atoms with Gasteiger partial charge < -0.3 is 4.57 Å². The van der Waals surface area contributed by atoms with E-state index >= 15 is 0 Å². The van der Waals surface area contributed by atoms with E-state index in [2.05, 4.69) is 11.1 Å². The molecule has 0 fully saturated rings. The number of hydrogen-bond acceptors (Lipinski definition) is 4. The number of nitriles is 1. The summed E-state index contributed by atoms with van der Waals surface area (Å²) in [5, 5.41) is 8.87. The van der Waals surface area contributed by atoms with E-state index in [0.29, 0.717) is 25.2 Å². The van der Waals surface area contributed by atoms with Gasteiger partial charge in [0.1, 0.15) is 5.82 Å². The number of rotatable bonds is 6. The molecule has 0 aliphatic carbocycles. The maximum atomic E-state index is 11.3. The first-order valence-corrected chi connectivity index (χ1v) is 8.42. The molecule has 106 valence electrons. The molecule has 0 spiro atoms. The van der Waals surface area contributed by atoms with Crippen LogP contribution in [0.2, 0.25) is 0 Å². The van der Waals surface area contributed by atoms with Gasteiger partial charge in [-0.15, -0.1) is 0 Å². The van der Waals surface area contributed by atoms with Crippen LogP contribution in [0.4, 0.5) is 0 Å². The van der Waals surface area contributed by atoms with Gasteiger partial charge in [0.25, 0.3) is 9.05 Å². The lowest BCUT2D eigenvalue weighted by molar-refractivity contribution is 0.408. The monoisotopic (exact) mass is 303 g/mol. The largest absolute Gasteiger partial charge is 0.333 e. The van der Waals surface area contributed by atoms with Gasteiger partial charge in [0.2, 0.25) is 0 Å². The summed E-state index contributed by atoms with van der Waals surface area (Å²) in [6, 6.07) is 2.22. The van der Waals surface area contributed by atoms with Gasteiger partial charge in [-0.05, 0) is 26.7 Å². The number of imidazole rings is 1. The van der Waals surface area contributed by atoms with Gasteiger partial charge in [-0.1, -0.05) is 6.92 Å². The quantitative estimate of drug-likeness (QED) is 0.757. The topological polar surface area (TPSA) is 75.8 Å². The highest BCUT2D eigenvalue weighted by atomic mass is 35.7. The van der Waals surface area contributed by atoms with E-state index in [9.17, 15) is 8.42 Å². The fourth-order valence-corrected chi connectivity index (χ4v) is 2.31. The maximum absolute atomic E-state index is 11.3. The van der Waals surface area contributed by atoms with Crippen molar-refractivity contribution < 1.29 is 8.42 Å². The Hall–Kier alpha value is -1.06. The molecule has 0 saturated carbocycles. The van der Waals surface area contributed by atoms with Gasteiger partial charge in [-0.2, -0.15) is 5.26 Å². The van der Waals surface area contributed by atoms with Crippen LogP contribution in [0.5, 0.6) is 0 Å². The molecule has 0 atom stereocenters. The van der Waals surface area contributed by atoms with E-state index in [0.717, 1.165) is 6.42 Å². The average molecular weight is 304 g/mol. The zero-order valence-electron chi connectivity index (χ0n) is 11.4. The van der Waals surface area contributed by atoms with E-state index in [-0.39, 0.29) is 5.03 Å². The van der Waals surface area contributed by atoms with E-state index in [1.807, 2.05) is 20.8 Å². The third kappa shape index (κ3) is 4.51. The van der Waals surface area contributed by atoms with E-state index < -0.39 is 14.5 Å². The Morgan fingerprint density at radius 1 is 1.53 bits per heavy atom. The average Bonchev–Trinajstić information content (AvgIpc) is 2.70. The van der Waals surface area contributed by atoms with E-state index in [4.69, 9.17) is 15.9 Å². The molecule has 1 aromatic heterocycles. The summed E-state index contributed by atoms with van der Waals surface area (Å²) in [6.45, 7) is 6.24. The third-order valence-electron chi connectivity index (χ3n) is 2.84. The van der Waals surface area contributed by atoms with Crippen LogP contribution in [0.25, 0.3) is 0 Å². The van der Waals surface area contributed by atoms with Gasteiger partial charge >= 0.3 is 0 Å². The summed E-state index contributed by atoms with van der Waals surface area (Å²) in [4.78, 5) is 4.06. The summed E-state index contributed by atoms with van der Waals surface area (Å²) in [6.07, 6.45) is 3.61. The second-order valence-electron chi connectivity index (χ2n) is 5.12. The van der Waals surface area contributed by atoms with Gasteiger partial charge in [-0.3, -0.25) is 0 Å². The van der Waals surface area contributed by atoms with Crippen molar-refractivity contribution >= 4 is 19.7 Å². The zero-order chi connectivity index (χ0) is 14.7. The van der Waals surface area contributed by atoms with Crippen molar-refractivity contribution in [1.82, 2.24) is 9.55 Å². The Morgan fingerprint density at radius 3 is 2.63 bits per heavy atom. The molecule has 0 radical (unpaired) electrons. The minimum Gasteiger partial charge on any atom is -0.333 e. The minimum atomic E-state index is -3.81. The highest BCUT2D eigenvalue weighted by Gasteiger charge is 2.20. The van der Waals surface area contributed by atoms with Gasteiger partial charge in [0.15, 0.2) is 5.03 Å². The second-order valence-corrected chi connectivity index (χ2v) is 7.64. The van der Waals surface area contributed by atoms with Crippen molar-refractivity contribution in [1.29, 1.82) is 5.26 Å².